The van der Waals surface area contributed by atoms with E-state index in [-0.39, 0.29) is 11.6 Å². The maximum atomic E-state index is 13.4. The van der Waals surface area contributed by atoms with Crippen molar-refractivity contribution >= 4 is 27.7 Å². The molecular formula is C25H19BrFN3O4. The second kappa shape index (κ2) is 10.4. The number of aromatic nitrogens is 3. The van der Waals surface area contributed by atoms with E-state index in [0.29, 0.717) is 35.0 Å². The van der Waals surface area contributed by atoms with Gasteiger partial charge >= 0.3 is 5.97 Å². The maximum Gasteiger partial charge on any atom is 0.378 e. The average Bonchev–Trinajstić information content (AvgIpc) is 3.29. The van der Waals surface area contributed by atoms with E-state index in [1.54, 1.807) is 48.5 Å². The van der Waals surface area contributed by atoms with E-state index in [9.17, 15) is 14.0 Å². The number of Topliss-reactive ketones (excluding diaryl/α,β-unsaturated/α-hetero) is 1. The zero-order chi connectivity index (χ0) is 24.1. The molecule has 0 radical (unpaired) electrons. The zero-order valence-electron chi connectivity index (χ0n) is 18.1. The topological polar surface area (TPSA) is 83.3 Å². The first-order valence-corrected chi connectivity index (χ1v) is 11.2. The minimum atomic E-state index is -0.849. The standard InChI is InChI=1S/C25H19BrFN3O4/c1-2-33-21-13-11-20(12-14-21)30-24(17-5-9-19(27)10-6-17)28-23(29-30)25(32)34-15-22(31)16-3-7-18(26)8-4-16/h3-14H,2,15H2,1H3. The summed E-state index contributed by atoms with van der Waals surface area (Å²) in [5.41, 5.74) is 1.57. The number of ketones is 1. The number of rotatable bonds is 8. The summed E-state index contributed by atoms with van der Waals surface area (Å²) in [7, 11) is 0. The third-order valence-electron chi connectivity index (χ3n) is 4.78. The van der Waals surface area contributed by atoms with Crippen LogP contribution >= 0.6 is 15.9 Å². The zero-order valence-corrected chi connectivity index (χ0v) is 19.7. The van der Waals surface area contributed by atoms with Crippen LogP contribution in [0.15, 0.2) is 77.3 Å². The SMILES string of the molecule is CCOc1ccc(-n2nc(C(=O)OCC(=O)c3ccc(Br)cc3)nc2-c2ccc(F)cc2)cc1. The normalized spacial score (nSPS) is 10.7. The van der Waals surface area contributed by atoms with Crippen molar-refractivity contribution in [2.75, 3.05) is 13.2 Å². The highest BCUT2D eigenvalue weighted by atomic mass is 79.9. The smallest absolute Gasteiger partial charge is 0.378 e. The third kappa shape index (κ3) is 5.37. The van der Waals surface area contributed by atoms with E-state index in [0.717, 1.165) is 4.47 Å². The molecule has 172 valence electrons. The van der Waals surface area contributed by atoms with Gasteiger partial charge in [0.1, 0.15) is 11.6 Å². The Morgan fingerprint density at radius 1 is 0.971 bits per heavy atom. The summed E-state index contributed by atoms with van der Waals surface area (Å²) in [5, 5.41) is 4.30. The van der Waals surface area contributed by atoms with Gasteiger partial charge in [0, 0.05) is 15.6 Å². The van der Waals surface area contributed by atoms with Gasteiger partial charge in [-0.2, -0.15) is 0 Å². The highest BCUT2D eigenvalue weighted by molar-refractivity contribution is 9.10. The van der Waals surface area contributed by atoms with E-state index < -0.39 is 18.4 Å². The molecule has 0 unspecified atom stereocenters. The fourth-order valence-electron chi connectivity index (χ4n) is 3.13. The number of hydrogen-bond donors (Lipinski definition) is 0. The van der Waals surface area contributed by atoms with Crippen LogP contribution in [0.2, 0.25) is 0 Å². The molecule has 0 N–H and O–H groups in total. The molecule has 0 saturated carbocycles. The van der Waals surface area contributed by atoms with Crippen LogP contribution in [0.4, 0.5) is 4.39 Å². The Balaban J connectivity index is 1.60. The van der Waals surface area contributed by atoms with Gasteiger partial charge in [0.2, 0.25) is 0 Å². The summed E-state index contributed by atoms with van der Waals surface area (Å²) >= 11 is 3.31. The van der Waals surface area contributed by atoms with Gasteiger partial charge in [0.25, 0.3) is 5.82 Å². The van der Waals surface area contributed by atoms with E-state index in [4.69, 9.17) is 9.47 Å². The molecule has 1 heterocycles. The molecule has 4 rings (SSSR count). The Hall–Kier alpha value is -3.85. The molecule has 0 aliphatic carbocycles. The van der Waals surface area contributed by atoms with Crippen molar-refractivity contribution in [3.05, 3.63) is 94.5 Å². The van der Waals surface area contributed by atoms with Crippen LogP contribution < -0.4 is 4.74 Å². The van der Waals surface area contributed by atoms with E-state index in [1.165, 1.54) is 28.9 Å². The summed E-state index contributed by atoms with van der Waals surface area (Å²) in [6.07, 6.45) is 0. The summed E-state index contributed by atoms with van der Waals surface area (Å²) in [6, 6.07) is 19.4. The average molecular weight is 524 g/mol. The van der Waals surface area contributed by atoms with Crippen LogP contribution in [0.1, 0.15) is 27.9 Å². The Morgan fingerprint density at radius 2 is 1.65 bits per heavy atom. The van der Waals surface area contributed by atoms with Crippen molar-refractivity contribution in [3.8, 4) is 22.8 Å². The summed E-state index contributed by atoms with van der Waals surface area (Å²) in [6.45, 7) is 1.96. The van der Waals surface area contributed by atoms with Crippen molar-refractivity contribution in [3.63, 3.8) is 0 Å². The maximum absolute atomic E-state index is 13.4. The molecular weight excluding hydrogens is 505 g/mol. The van der Waals surface area contributed by atoms with Gasteiger partial charge in [0.05, 0.1) is 12.3 Å². The minimum absolute atomic E-state index is 0.225. The molecule has 9 heteroatoms. The first-order chi connectivity index (χ1) is 16.4. The van der Waals surface area contributed by atoms with Gasteiger partial charge in [-0.05, 0) is 67.6 Å². The highest BCUT2D eigenvalue weighted by Crippen LogP contribution is 2.23. The molecule has 4 aromatic rings. The Bertz CT molecular complexity index is 1300. The molecule has 0 bridgehead atoms. The molecule has 0 amide bonds. The molecule has 1 aromatic heterocycles. The predicted octanol–water partition coefficient (Wildman–Crippen LogP) is 5.27. The largest absolute Gasteiger partial charge is 0.494 e. The third-order valence-corrected chi connectivity index (χ3v) is 5.31. The van der Waals surface area contributed by atoms with Crippen LogP contribution in [-0.2, 0) is 4.74 Å². The number of esters is 1. The van der Waals surface area contributed by atoms with E-state index in [1.807, 2.05) is 6.92 Å². The second-order valence-corrected chi connectivity index (χ2v) is 8.03. The molecule has 0 aliphatic rings. The molecule has 0 atom stereocenters. The number of nitrogens with zero attached hydrogens (tertiary/aromatic N) is 3. The number of carbonyl (C=O) groups is 2. The van der Waals surface area contributed by atoms with Crippen molar-refractivity contribution < 1.29 is 23.5 Å². The number of carbonyl (C=O) groups excluding carboxylic acids is 2. The first-order valence-electron chi connectivity index (χ1n) is 10.4. The van der Waals surface area contributed by atoms with Crippen LogP contribution in [-0.4, -0.2) is 39.7 Å². The van der Waals surface area contributed by atoms with Crippen molar-refractivity contribution in [1.29, 1.82) is 0 Å². The van der Waals surface area contributed by atoms with Crippen LogP contribution in [0.5, 0.6) is 5.75 Å². The molecule has 34 heavy (non-hydrogen) atoms. The van der Waals surface area contributed by atoms with Gasteiger partial charge < -0.3 is 9.47 Å². The molecule has 0 fully saturated rings. The van der Waals surface area contributed by atoms with Crippen LogP contribution in [0.3, 0.4) is 0 Å². The van der Waals surface area contributed by atoms with Crippen LogP contribution in [0.25, 0.3) is 17.1 Å². The first kappa shape index (κ1) is 23.3. The second-order valence-electron chi connectivity index (χ2n) is 7.11. The monoisotopic (exact) mass is 523 g/mol. The predicted molar refractivity (Wildman–Crippen MR) is 127 cm³/mol. The van der Waals surface area contributed by atoms with Gasteiger partial charge in [-0.3, -0.25) is 4.79 Å². The lowest BCUT2D eigenvalue weighted by atomic mass is 10.1. The van der Waals surface area contributed by atoms with Gasteiger partial charge in [-0.25, -0.2) is 18.9 Å². The molecule has 0 spiro atoms. The lowest BCUT2D eigenvalue weighted by Gasteiger charge is -2.07. The van der Waals surface area contributed by atoms with E-state index >= 15 is 0 Å². The molecule has 3 aromatic carbocycles. The Kier molecular flexibility index (Phi) is 7.12. The minimum Gasteiger partial charge on any atom is -0.494 e. The van der Waals surface area contributed by atoms with Crippen LogP contribution in [0, 0.1) is 5.82 Å². The number of hydrogen-bond acceptors (Lipinski definition) is 6. The molecule has 0 saturated heterocycles. The Labute approximate surface area is 203 Å². The highest BCUT2D eigenvalue weighted by Gasteiger charge is 2.21. The van der Waals surface area contributed by atoms with Crippen molar-refractivity contribution in [1.82, 2.24) is 14.8 Å². The number of benzene rings is 3. The lowest BCUT2D eigenvalue weighted by Crippen LogP contribution is -2.15. The number of halogens is 2. The summed E-state index contributed by atoms with van der Waals surface area (Å²) in [4.78, 5) is 29.3. The fraction of sp³-hybridized carbons (Fsp3) is 0.120. The van der Waals surface area contributed by atoms with Gasteiger partial charge in [0.15, 0.2) is 18.2 Å². The fourth-order valence-corrected chi connectivity index (χ4v) is 3.39. The number of ether oxygens (including phenoxy) is 2. The summed E-state index contributed by atoms with van der Waals surface area (Å²) < 4.78 is 26.4. The van der Waals surface area contributed by atoms with Gasteiger partial charge in [-0.15, -0.1) is 5.10 Å². The van der Waals surface area contributed by atoms with Crippen molar-refractivity contribution in [2.45, 2.75) is 6.92 Å². The summed E-state index contributed by atoms with van der Waals surface area (Å²) in [5.74, 6) is -0.834. The lowest BCUT2D eigenvalue weighted by molar-refractivity contribution is 0.0462. The molecule has 0 aliphatic heterocycles. The van der Waals surface area contributed by atoms with Gasteiger partial charge in [-0.1, -0.05) is 28.1 Å². The molecule has 7 nitrogen and oxygen atoms in total. The quantitative estimate of drug-likeness (QED) is 0.231. The van der Waals surface area contributed by atoms with Crippen molar-refractivity contribution in [2.24, 2.45) is 0 Å². The Morgan fingerprint density at radius 3 is 2.29 bits per heavy atom. The van der Waals surface area contributed by atoms with E-state index in [2.05, 4.69) is 26.0 Å².